The van der Waals surface area contributed by atoms with Gasteiger partial charge in [-0.05, 0) is 68.5 Å². The Balaban J connectivity index is 1.57. The molecule has 0 spiro atoms. The van der Waals surface area contributed by atoms with Crippen molar-refractivity contribution in [3.05, 3.63) is 95.6 Å². The highest BCUT2D eigenvalue weighted by Crippen LogP contribution is 2.24. The van der Waals surface area contributed by atoms with Gasteiger partial charge in [0, 0.05) is 32.0 Å². The zero-order valence-corrected chi connectivity index (χ0v) is 27.6. The number of hydrogen-bond acceptors (Lipinski definition) is 5. The highest BCUT2D eigenvalue weighted by atomic mass is 32.2. The van der Waals surface area contributed by atoms with Crippen molar-refractivity contribution in [3.63, 3.8) is 0 Å². The molecule has 1 unspecified atom stereocenters. The van der Waals surface area contributed by atoms with E-state index >= 15 is 0 Å². The number of rotatable bonds is 15. The lowest BCUT2D eigenvalue weighted by molar-refractivity contribution is -0.141. The molecule has 4 rings (SSSR count). The minimum Gasteiger partial charge on any atom is -0.494 e. The molecule has 1 fully saturated rings. The van der Waals surface area contributed by atoms with E-state index in [4.69, 9.17) is 4.74 Å². The molecule has 0 radical (unpaired) electrons. The van der Waals surface area contributed by atoms with Crippen molar-refractivity contribution in [2.75, 3.05) is 23.7 Å². The second kappa shape index (κ2) is 16.5. The summed E-state index contributed by atoms with van der Waals surface area (Å²) in [6.45, 7) is 4.83. The predicted molar refractivity (Wildman–Crippen MR) is 180 cm³/mol. The van der Waals surface area contributed by atoms with Crippen molar-refractivity contribution >= 4 is 27.5 Å². The Labute approximate surface area is 268 Å². The fourth-order valence-electron chi connectivity index (χ4n) is 5.98. The van der Waals surface area contributed by atoms with Gasteiger partial charge in [0.2, 0.25) is 21.8 Å². The molecular weight excluding hydrogens is 586 g/mol. The summed E-state index contributed by atoms with van der Waals surface area (Å²) in [4.78, 5) is 29.8. The number of hydrogen-bond donors (Lipinski definition) is 1. The lowest BCUT2D eigenvalue weighted by Crippen LogP contribution is -2.53. The van der Waals surface area contributed by atoms with Crippen LogP contribution in [0.2, 0.25) is 0 Å². The summed E-state index contributed by atoms with van der Waals surface area (Å²) in [6.07, 6.45) is 7.20. The van der Waals surface area contributed by atoms with Gasteiger partial charge in [-0.25, -0.2) is 8.42 Å². The summed E-state index contributed by atoms with van der Waals surface area (Å²) in [5, 5.41) is 3.27. The van der Waals surface area contributed by atoms with Crippen LogP contribution in [-0.4, -0.2) is 56.6 Å². The Kier molecular flexibility index (Phi) is 12.4. The maximum atomic E-state index is 14.1. The summed E-state index contributed by atoms with van der Waals surface area (Å²) in [6, 6.07) is 24.1. The molecule has 0 bridgehead atoms. The van der Waals surface area contributed by atoms with Crippen LogP contribution in [0.15, 0.2) is 78.9 Å². The van der Waals surface area contributed by atoms with E-state index in [9.17, 15) is 18.0 Å². The van der Waals surface area contributed by atoms with Crippen LogP contribution in [0.25, 0.3) is 0 Å². The normalized spacial score (nSPS) is 14.4. The number of nitrogens with zero attached hydrogens (tertiary/aromatic N) is 2. The Hall–Kier alpha value is -3.85. The third kappa shape index (κ3) is 10.3. The molecule has 9 heteroatoms. The van der Waals surface area contributed by atoms with Crippen molar-refractivity contribution in [3.8, 4) is 5.75 Å². The first kappa shape index (κ1) is 34.0. The van der Waals surface area contributed by atoms with Gasteiger partial charge in [0.25, 0.3) is 0 Å². The monoisotopic (exact) mass is 633 g/mol. The van der Waals surface area contributed by atoms with E-state index in [0.717, 1.165) is 42.4 Å². The fourth-order valence-corrected chi connectivity index (χ4v) is 6.95. The number of anilines is 1. The van der Waals surface area contributed by atoms with E-state index in [1.165, 1.54) is 17.0 Å². The Morgan fingerprint density at radius 1 is 0.933 bits per heavy atom. The van der Waals surface area contributed by atoms with Crippen molar-refractivity contribution < 1.29 is 22.7 Å². The minimum absolute atomic E-state index is 0.0941. The van der Waals surface area contributed by atoms with Crippen molar-refractivity contribution in [1.29, 1.82) is 0 Å². The SMILES string of the molecule is CCOc1ccc(N(CCCC(=O)N(Cc2cccc(C)c2)C(Cc2ccccc2)C(=O)NC2CCCCC2)S(C)(=O)=O)cc1. The van der Waals surface area contributed by atoms with Crippen LogP contribution < -0.4 is 14.4 Å². The molecule has 8 nitrogen and oxygen atoms in total. The third-order valence-corrected chi connectivity index (χ3v) is 9.44. The molecule has 1 saturated carbocycles. The Morgan fingerprint density at radius 2 is 1.62 bits per heavy atom. The van der Waals surface area contributed by atoms with Crippen LogP contribution in [0.1, 0.15) is 68.6 Å². The molecule has 1 aliphatic carbocycles. The number of carbonyl (C=O) groups is 2. The van der Waals surface area contributed by atoms with Crippen LogP contribution in [0, 0.1) is 6.92 Å². The Morgan fingerprint density at radius 3 is 2.27 bits per heavy atom. The summed E-state index contributed by atoms with van der Waals surface area (Å²) in [5.41, 5.74) is 3.50. The molecule has 242 valence electrons. The van der Waals surface area contributed by atoms with Crippen molar-refractivity contribution in [1.82, 2.24) is 10.2 Å². The molecular formula is C36H47N3O5S. The number of amides is 2. The zero-order chi connectivity index (χ0) is 32.2. The molecule has 0 aromatic heterocycles. The van der Waals surface area contributed by atoms with Gasteiger partial charge in [-0.15, -0.1) is 0 Å². The van der Waals surface area contributed by atoms with E-state index in [0.29, 0.717) is 30.9 Å². The molecule has 45 heavy (non-hydrogen) atoms. The lowest BCUT2D eigenvalue weighted by atomic mass is 9.94. The van der Waals surface area contributed by atoms with E-state index in [-0.39, 0.29) is 37.4 Å². The zero-order valence-electron chi connectivity index (χ0n) is 26.8. The predicted octanol–water partition coefficient (Wildman–Crippen LogP) is 6.03. The summed E-state index contributed by atoms with van der Waals surface area (Å²) < 4.78 is 32.3. The average Bonchev–Trinajstić information content (AvgIpc) is 3.02. The number of carbonyl (C=O) groups excluding carboxylic acids is 2. The topological polar surface area (TPSA) is 96.0 Å². The largest absolute Gasteiger partial charge is 0.494 e. The first-order valence-corrected chi connectivity index (χ1v) is 17.9. The second-order valence-electron chi connectivity index (χ2n) is 11.9. The highest BCUT2D eigenvalue weighted by molar-refractivity contribution is 7.92. The van der Waals surface area contributed by atoms with E-state index in [2.05, 4.69) is 5.32 Å². The molecule has 3 aromatic rings. The smallest absolute Gasteiger partial charge is 0.243 e. The van der Waals surface area contributed by atoms with Gasteiger partial charge in [0.1, 0.15) is 11.8 Å². The van der Waals surface area contributed by atoms with Gasteiger partial charge in [0.05, 0.1) is 18.6 Å². The highest BCUT2D eigenvalue weighted by Gasteiger charge is 2.32. The first-order chi connectivity index (χ1) is 21.6. The van der Waals surface area contributed by atoms with Crippen LogP contribution in [0.4, 0.5) is 5.69 Å². The number of aryl methyl sites for hydroxylation is 1. The summed E-state index contributed by atoms with van der Waals surface area (Å²) in [5.74, 6) is 0.336. The van der Waals surface area contributed by atoms with Gasteiger partial charge >= 0.3 is 0 Å². The van der Waals surface area contributed by atoms with Crippen LogP contribution in [0.5, 0.6) is 5.75 Å². The van der Waals surface area contributed by atoms with Gasteiger partial charge in [-0.3, -0.25) is 13.9 Å². The van der Waals surface area contributed by atoms with Gasteiger partial charge in [-0.1, -0.05) is 79.4 Å². The van der Waals surface area contributed by atoms with Gasteiger partial charge in [-0.2, -0.15) is 0 Å². The molecule has 1 atom stereocenters. The summed E-state index contributed by atoms with van der Waals surface area (Å²) in [7, 11) is -3.60. The van der Waals surface area contributed by atoms with Crippen molar-refractivity contribution in [2.45, 2.75) is 83.8 Å². The maximum Gasteiger partial charge on any atom is 0.243 e. The fraction of sp³-hybridized carbons (Fsp3) is 0.444. The first-order valence-electron chi connectivity index (χ1n) is 16.0. The number of ether oxygens (including phenoxy) is 1. The molecule has 1 N–H and O–H groups in total. The molecule has 1 aliphatic rings. The van der Waals surface area contributed by atoms with Crippen molar-refractivity contribution in [2.24, 2.45) is 0 Å². The van der Waals surface area contributed by atoms with E-state index in [1.54, 1.807) is 29.2 Å². The quantitative estimate of drug-likeness (QED) is 0.221. The molecule has 2 amide bonds. The van der Waals surface area contributed by atoms with Crippen LogP contribution in [0.3, 0.4) is 0 Å². The van der Waals surface area contributed by atoms with E-state index < -0.39 is 16.1 Å². The number of nitrogens with one attached hydrogen (secondary N) is 1. The van der Waals surface area contributed by atoms with Crippen LogP contribution in [-0.2, 0) is 32.6 Å². The molecule has 0 aliphatic heterocycles. The lowest BCUT2D eigenvalue weighted by Gasteiger charge is -2.34. The molecule has 0 heterocycles. The number of sulfonamides is 1. The van der Waals surface area contributed by atoms with E-state index in [1.807, 2.05) is 68.4 Å². The Bertz CT molecular complexity index is 1490. The average molecular weight is 634 g/mol. The number of benzene rings is 3. The second-order valence-corrected chi connectivity index (χ2v) is 13.8. The molecule has 0 saturated heterocycles. The van der Waals surface area contributed by atoms with Gasteiger partial charge < -0.3 is 15.0 Å². The minimum atomic E-state index is -3.60. The standard InChI is InChI=1S/C36H47N3O5S/c1-4-44-33-22-20-32(21-23-33)39(45(3,42)43)24-12-19-35(40)38(27-30-16-11-13-28(2)25-30)34(26-29-14-7-5-8-15-29)36(41)37-31-17-9-6-10-18-31/h5,7-8,11,13-16,20-23,25,31,34H,4,6,9-10,12,17-19,24,26-27H2,1-3H3,(H,37,41). The molecule has 3 aromatic carbocycles. The van der Waals surface area contributed by atoms with Gasteiger partial charge in [0.15, 0.2) is 0 Å². The van der Waals surface area contributed by atoms with Crippen LogP contribution >= 0.6 is 0 Å². The third-order valence-electron chi connectivity index (χ3n) is 8.25. The summed E-state index contributed by atoms with van der Waals surface area (Å²) >= 11 is 0. The maximum absolute atomic E-state index is 14.1.